The van der Waals surface area contributed by atoms with Crippen LogP contribution >= 0.6 is 0 Å². The van der Waals surface area contributed by atoms with Crippen LogP contribution in [0.1, 0.15) is 43.8 Å². The first-order valence-electron chi connectivity index (χ1n) is 5.85. The number of H-pyrrole nitrogens is 2. The van der Waals surface area contributed by atoms with Gasteiger partial charge in [0.25, 0.3) is 0 Å². The fourth-order valence-electron chi connectivity index (χ4n) is 2.33. The minimum atomic E-state index is 0.568. The Kier molecular flexibility index (Phi) is 2.44. The van der Waals surface area contributed by atoms with Gasteiger partial charge in [-0.1, -0.05) is 19.3 Å². The van der Waals surface area contributed by atoms with Gasteiger partial charge in [0.15, 0.2) is 5.82 Å². The molecule has 2 aromatic heterocycles. The van der Waals surface area contributed by atoms with Gasteiger partial charge in [-0.25, -0.2) is 4.98 Å². The molecule has 16 heavy (non-hydrogen) atoms. The van der Waals surface area contributed by atoms with Crippen molar-refractivity contribution in [2.24, 2.45) is 0 Å². The molecule has 0 aromatic carbocycles. The molecule has 1 saturated carbocycles. The zero-order valence-corrected chi connectivity index (χ0v) is 9.11. The van der Waals surface area contributed by atoms with E-state index in [1.165, 1.54) is 32.1 Å². The molecule has 2 aromatic rings. The van der Waals surface area contributed by atoms with Crippen molar-refractivity contribution in [1.82, 2.24) is 25.4 Å². The minimum Gasteiger partial charge on any atom is -0.275 e. The van der Waals surface area contributed by atoms with E-state index in [0.29, 0.717) is 5.92 Å². The van der Waals surface area contributed by atoms with E-state index in [2.05, 4.69) is 25.4 Å². The molecule has 2 heterocycles. The maximum Gasteiger partial charge on any atom is 0.199 e. The first-order chi connectivity index (χ1) is 7.93. The van der Waals surface area contributed by atoms with Gasteiger partial charge in [-0.05, 0) is 18.9 Å². The second-order valence-corrected chi connectivity index (χ2v) is 4.35. The Morgan fingerprint density at radius 1 is 1.12 bits per heavy atom. The van der Waals surface area contributed by atoms with Gasteiger partial charge in [0.2, 0.25) is 0 Å². The molecule has 2 N–H and O–H groups in total. The molecular formula is C11H15N5. The van der Waals surface area contributed by atoms with E-state index in [9.17, 15) is 0 Å². The molecule has 84 valence electrons. The fourth-order valence-corrected chi connectivity index (χ4v) is 2.33. The molecule has 3 rings (SSSR count). The molecule has 0 spiro atoms. The molecule has 0 bridgehead atoms. The largest absolute Gasteiger partial charge is 0.275 e. The van der Waals surface area contributed by atoms with Gasteiger partial charge < -0.3 is 0 Å². The predicted molar refractivity (Wildman–Crippen MR) is 59.8 cm³/mol. The standard InChI is InChI=1S/C11H15N5/c1-2-4-8(5-3-1)10-13-11(16-15-10)9-6-7-12-14-9/h6-8H,1-5H2,(H,12,14)(H,13,15,16). The SMILES string of the molecule is c1cc(-c2n[nH]c(C3CCCCC3)n2)[nH]n1. The van der Waals surface area contributed by atoms with Crippen LogP contribution in [0, 0.1) is 0 Å². The number of aromatic amines is 2. The van der Waals surface area contributed by atoms with Crippen molar-refractivity contribution in [2.45, 2.75) is 38.0 Å². The number of rotatable bonds is 2. The van der Waals surface area contributed by atoms with Crippen LogP contribution < -0.4 is 0 Å². The van der Waals surface area contributed by atoms with Gasteiger partial charge in [0.1, 0.15) is 11.5 Å². The third-order valence-corrected chi connectivity index (χ3v) is 3.24. The van der Waals surface area contributed by atoms with Crippen LogP contribution in [0.15, 0.2) is 12.3 Å². The van der Waals surface area contributed by atoms with Crippen LogP contribution in [0.25, 0.3) is 11.5 Å². The van der Waals surface area contributed by atoms with Crippen LogP contribution in [-0.2, 0) is 0 Å². The fraction of sp³-hybridized carbons (Fsp3) is 0.545. The third-order valence-electron chi connectivity index (χ3n) is 3.24. The van der Waals surface area contributed by atoms with Crippen LogP contribution in [0.2, 0.25) is 0 Å². The molecule has 0 unspecified atom stereocenters. The Balaban J connectivity index is 1.82. The van der Waals surface area contributed by atoms with Gasteiger partial charge in [-0.15, -0.1) is 0 Å². The topological polar surface area (TPSA) is 70.2 Å². The number of hydrogen-bond acceptors (Lipinski definition) is 3. The van der Waals surface area contributed by atoms with Gasteiger partial charge >= 0.3 is 0 Å². The van der Waals surface area contributed by atoms with Crippen LogP contribution in [0.3, 0.4) is 0 Å². The van der Waals surface area contributed by atoms with E-state index in [-0.39, 0.29) is 0 Å². The second kappa shape index (κ2) is 4.08. The molecule has 1 aliphatic carbocycles. The van der Waals surface area contributed by atoms with Gasteiger partial charge in [0, 0.05) is 12.1 Å². The van der Waals surface area contributed by atoms with E-state index in [4.69, 9.17) is 0 Å². The summed E-state index contributed by atoms with van der Waals surface area (Å²) in [5, 5.41) is 14.1. The summed E-state index contributed by atoms with van der Waals surface area (Å²) in [7, 11) is 0. The monoisotopic (exact) mass is 217 g/mol. The lowest BCUT2D eigenvalue weighted by Crippen LogP contribution is -2.06. The maximum atomic E-state index is 4.54. The third kappa shape index (κ3) is 1.73. The van der Waals surface area contributed by atoms with Crippen molar-refractivity contribution in [3.63, 3.8) is 0 Å². The average Bonchev–Trinajstić information content (AvgIpc) is 3.01. The van der Waals surface area contributed by atoms with Crippen molar-refractivity contribution in [2.75, 3.05) is 0 Å². The van der Waals surface area contributed by atoms with Crippen molar-refractivity contribution in [3.8, 4) is 11.5 Å². The number of nitrogens with one attached hydrogen (secondary N) is 2. The van der Waals surface area contributed by atoms with Crippen molar-refractivity contribution >= 4 is 0 Å². The molecular weight excluding hydrogens is 202 g/mol. The first kappa shape index (κ1) is 9.57. The Morgan fingerprint density at radius 3 is 2.75 bits per heavy atom. The lowest BCUT2D eigenvalue weighted by Gasteiger charge is -2.18. The zero-order valence-electron chi connectivity index (χ0n) is 9.11. The normalized spacial score (nSPS) is 17.8. The van der Waals surface area contributed by atoms with Crippen molar-refractivity contribution in [1.29, 1.82) is 0 Å². The molecule has 0 aliphatic heterocycles. The van der Waals surface area contributed by atoms with Gasteiger partial charge in [-0.2, -0.15) is 10.2 Å². The van der Waals surface area contributed by atoms with E-state index < -0.39 is 0 Å². The highest BCUT2D eigenvalue weighted by Crippen LogP contribution is 2.31. The van der Waals surface area contributed by atoms with E-state index >= 15 is 0 Å². The summed E-state index contributed by atoms with van der Waals surface area (Å²) in [4.78, 5) is 4.54. The zero-order chi connectivity index (χ0) is 10.8. The average molecular weight is 217 g/mol. The molecule has 5 heteroatoms. The lowest BCUT2D eigenvalue weighted by atomic mass is 9.89. The van der Waals surface area contributed by atoms with E-state index in [1.54, 1.807) is 6.20 Å². The minimum absolute atomic E-state index is 0.568. The smallest absolute Gasteiger partial charge is 0.199 e. The summed E-state index contributed by atoms with van der Waals surface area (Å²) in [5.41, 5.74) is 0.873. The van der Waals surface area contributed by atoms with Crippen molar-refractivity contribution in [3.05, 3.63) is 18.1 Å². The Morgan fingerprint density at radius 2 is 2.00 bits per heavy atom. The lowest BCUT2D eigenvalue weighted by molar-refractivity contribution is 0.429. The van der Waals surface area contributed by atoms with Crippen LogP contribution in [0.4, 0.5) is 0 Å². The summed E-state index contributed by atoms with van der Waals surface area (Å²) in [6, 6.07) is 1.88. The highest BCUT2D eigenvalue weighted by Gasteiger charge is 2.19. The summed E-state index contributed by atoms with van der Waals surface area (Å²) >= 11 is 0. The van der Waals surface area contributed by atoms with Crippen molar-refractivity contribution < 1.29 is 0 Å². The van der Waals surface area contributed by atoms with Crippen LogP contribution in [-0.4, -0.2) is 25.4 Å². The summed E-state index contributed by atoms with van der Waals surface area (Å²) in [5.74, 6) is 2.32. The number of aromatic nitrogens is 5. The summed E-state index contributed by atoms with van der Waals surface area (Å²) in [6.45, 7) is 0. The predicted octanol–water partition coefficient (Wildman–Crippen LogP) is 2.24. The first-order valence-corrected chi connectivity index (χ1v) is 5.85. The molecule has 0 saturated heterocycles. The molecule has 1 fully saturated rings. The second-order valence-electron chi connectivity index (χ2n) is 4.35. The van der Waals surface area contributed by atoms with E-state index in [0.717, 1.165) is 17.3 Å². The van der Waals surface area contributed by atoms with Gasteiger partial charge in [0.05, 0.1) is 0 Å². The maximum absolute atomic E-state index is 4.54. The molecule has 0 radical (unpaired) electrons. The van der Waals surface area contributed by atoms with Gasteiger partial charge in [-0.3, -0.25) is 10.2 Å². The highest BCUT2D eigenvalue weighted by atomic mass is 15.2. The molecule has 0 atom stereocenters. The Labute approximate surface area is 93.7 Å². The quantitative estimate of drug-likeness (QED) is 0.810. The molecule has 0 amide bonds. The highest BCUT2D eigenvalue weighted by molar-refractivity contribution is 5.46. The number of hydrogen-bond donors (Lipinski definition) is 2. The van der Waals surface area contributed by atoms with E-state index in [1.807, 2.05) is 6.07 Å². The Bertz CT molecular complexity index is 439. The summed E-state index contributed by atoms with van der Waals surface area (Å²) in [6.07, 6.45) is 8.16. The Hall–Kier alpha value is -1.65. The molecule has 1 aliphatic rings. The number of nitrogens with zero attached hydrogens (tertiary/aromatic N) is 3. The summed E-state index contributed by atoms with van der Waals surface area (Å²) < 4.78 is 0. The molecule has 5 nitrogen and oxygen atoms in total. The van der Waals surface area contributed by atoms with Crippen LogP contribution in [0.5, 0.6) is 0 Å².